The summed E-state index contributed by atoms with van der Waals surface area (Å²) in [7, 11) is 0. The van der Waals surface area contributed by atoms with Gasteiger partial charge in [-0.3, -0.25) is 0 Å². The molecule has 0 aliphatic heterocycles. The van der Waals surface area contributed by atoms with Crippen LogP contribution in [-0.2, 0) is 33.5 Å². The quantitative estimate of drug-likeness (QED) is 0.413. The summed E-state index contributed by atoms with van der Waals surface area (Å²) in [5, 5.41) is 0. The van der Waals surface area contributed by atoms with Gasteiger partial charge in [-0.25, -0.2) is 0 Å². The van der Waals surface area contributed by atoms with Crippen LogP contribution in [0.5, 0.6) is 0 Å². The van der Waals surface area contributed by atoms with Gasteiger partial charge in [0.25, 0.3) is 0 Å². The summed E-state index contributed by atoms with van der Waals surface area (Å²) in [4.78, 5) is 0. The van der Waals surface area contributed by atoms with Gasteiger partial charge in [0.05, 0.1) is 0 Å². The Bertz CT molecular complexity index is 996. The predicted molar refractivity (Wildman–Crippen MR) is 159 cm³/mol. The summed E-state index contributed by atoms with van der Waals surface area (Å²) in [5.74, 6) is 0.452. The zero-order valence-electron chi connectivity index (χ0n) is 26.2. The van der Waals surface area contributed by atoms with Crippen LogP contribution in [0.15, 0.2) is 30.3 Å². The van der Waals surface area contributed by atoms with Gasteiger partial charge >= 0.3 is 0 Å². The fourth-order valence-electron chi connectivity index (χ4n) is 5.00. The van der Waals surface area contributed by atoms with Gasteiger partial charge in [0.15, 0.2) is 0 Å². The molecule has 0 heterocycles. The van der Waals surface area contributed by atoms with Crippen LogP contribution in [0, 0.1) is 0 Å². The SMILES string of the molecule is CC(Cc1cc(C(C)(C)C)c(C(C)(C)C)cc1C(C)(C)C)c1cc(C(C)(C)C)cc(C(C)(C)C)c1. The second-order valence-electron chi connectivity index (χ2n) is 16.3. The van der Waals surface area contributed by atoms with Gasteiger partial charge in [-0.15, -0.1) is 0 Å². The number of benzene rings is 2. The van der Waals surface area contributed by atoms with Gasteiger partial charge in [0.2, 0.25) is 0 Å². The lowest BCUT2D eigenvalue weighted by Gasteiger charge is -2.35. The Labute approximate surface area is 219 Å². The molecule has 196 valence electrons. The molecule has 0 saturated heterocycles. The van der Waals surface area contributed by atoms with E-state index in [4.69, 9.17) is 0 Å². The molecule has 0 radical (unpaired) electrons. The van der Waals surface area contributed by atoms with Crippen molar-refractivity contribution in [1.82, 2.24) is 0 Å². The third-order valence-electron chi connectivity index (χ3n) is 7.45. The fraction of sp³-hybridized carbons (Fsp3) is 0.657. The summed E-state index contributed by atoms with van der Waals surface area (Å²) in [5.41, 5.74) is 11.0. The van der Waals surface area contributed by atoms with E-state index in [9.17, 15) is 0 Å². The van der Waals surface area contributed by atoms with Crippen LogP contribution in [0.3, 0.4) is 0 Å². The molecule has 0 saturated carbocycles. The van der Waals surface area contributed by atoms with E-state index in [0.717, 1.165) is 6.42 Å². The van der Waals surface area contributed by atoms with Gasteiger partial charge in [0, 0.05) is 0 Å². The number of hydrogen-bond acceptors (Lipinski definition) is 0. The molecular weight excluding hydrogens is 420 g/mol. The molecule has 0 aromatic heterocycles. The van der Waals surface area contributed by atoms with Crippen molar-refractivity contribution in [3.63, 3.8) is 0 Å². The van der Waals surface area contributed by atoms with Gasteiger partial charge in [-0.1, -0.05) is 141 Å². The molecule has 1 atom stereocenters. The second kappa shape index (κ2) is 9.39. The first-order valence-corrected chi connectivity index (χ1v) is 13.8. The van der Waals surface area contributed by atoms with E-state index in [2.05, 4.69) is 141 Å². The smallest absolute Gasteiger partial charge is 0.0129 e. The third kappa shape index (κ3) is 7.24. The van der Waals surface area contributed by atoms with Gasteiger partial charge in [-0.2, -0.15) is 0 Å². The van der Waals surface area contributed by atoms with Gasteiger partial charge in [-0.05, 0) is 78.4 Å². The highest BCUT2D eigenvalue weighted by atomic mass is 14.3. The van der Waals surface area contributed by atoms with E-state index in [1.54, 1.807) is 0 Å². The van der Waals surface area contributed by atoms with Crippen molar-refractivity contribution in [3.05, 3.63) is 69.3 Å². The second-order valence-corrected chi connectivity index (χ2v) is 16.3. The van der Waals surface area contributed by atoms with Crippen LogP contribution in [-0.4, -0.2) is 0 Å². The molecule has 0 N–H and O–H groups in total. The molecule has 35 heavy (non-hydrogen) atoms. The maximum Gasteiger partial charge on any atom is -0.0129 e. The molecule has 2 aromatic carbocycles. The fourth-order valence-corrected chi connectivity index (χ4v) is 5.00. The van der Waals surface area contributed by atoms with Crippen LogP contribution < -0.4 is 0 Å². The molecule has 2 rings (SSSR count). The van der Waals surface area contributed by atoms with E-state index in [1.807, 2.05) is 0 Å². The Kier molecular flexibility index (Phi) is 7.96. The van der Waals surface area contributed by atoms with Crippen molar-refractivity contribution < 1.29 is 0 Å². The number of rotatable bonds is 3. The molecule has 0 bridgehead atoms. The van der Waals surface area contributed by atoms with Crippen LogP contribution in [0.2, 0.25) is 0 Å². The minimum atomic E-state index is 0.106. The van der Waals surface area contributed by atoms with Crippen molar-refractivity contribution in [2.75, 3.05) is 0 Å². The Hall–Kier alpha value is -1.56. The van der Waals surface area contributed by atoms with Crippen molar-refractivity contribution in [2.45, 2.75) is 150 Å². The van der Waals surface area contributed by atoms with E-state index >= 15 is 0 Å². The monoisotopic (exact) mass is 476 g/mol. The van der Waals surface area contributed by atoms with E-state index in [-0.39, 0.29) is 27.1 Å². The molecule has 0 nitrogen and oxygen atoms in total. The Morgan fingerprint density at radius 3 is 1.17 bits per heavy atom. The summed E-state index contributed by atoms with van der Waals surface area (Å²) in [6.45, 7) is 37.7. The first-order valence-electron chi connectivity index (χ1n) is 13.8. The summed E-state index contributed by atoms with van der Waals surface area (Å²) in [6.07, 6.45) is 1.07. The zero-order valence-corrected chi connectivity index (χ0v) is 26.2. The standard InChI is InChI=1S/C35H56/c1-23(24-18-26(31(2,3)4)21-27(19-24)32(5,6)7)17-25-20-29(34(11,12)13)30(35(14,15)16)22-28(25)33(8,9)10/h18-23H,17H2,1-16H3. The summed E-state index contributed by atoms with van der Waals surface area (Å²) < 4.78 is 0. The largest absolute Gasteiger partial charge is 0.0581 e. The Balaban J connectivity index is 2.73. The van der Waals surface area contributed by atoms with Crippen LogP contribution in [0.25, 0.3) is 0 Å². The predicted octanol–water partition coefficient (Wildman–Crippen LogP) is 10.5. The molecule has 0 spiro atoms. The highest BCUT2D eigenvalue weighted by Crippen LogP contribution is 2.41. The first kappa shape index (κ1) is 29.7. The molecule has 1 unspecified atom stereocenters. The molecule has 0 aliphatic carbocycles. The maximum absolute atomic E-state index is 2.57. The Morgan fingerprint density at radius 2 is 0.829 bits per heavy atom. The molecule has 2 aromatic rings. The van der Waals surface area contributed by atoms with Gasteiger partial charge < -0.3 is 0 Å². The van der Waals surface area contributed by atoms with Crippen molar-refractivity contribution >= 4 is 0 Å². The lowest BCUT2D eigenvalue weighted by atomic mass is 9.70. The van der Waals surface area contributed by atoms with E-state index in [1.165, 1.54) is 38.9 Å². The molecular formula is C35H56. The van der Waals surface area contributed by atoms with Crippen molar-refractivity contribution in [1.29, 1.82) is 0 Å². The highest BCUT2D eigenvalue weighted by molar-refractivity contribution is 5.48. The van der Waals surface area contributed by atoms with Crippen molar-refractivity contribution in [3.8, 4) is 0 Å². The average Bonchev–Trinajstić information content (AvgIpc) is 2.63. The molecule has 0 fully saturated rings. The maximum atomic E-state index is 2.57. The topological polar surface area (TPSA) is 0 Å². The lowest BCUT2D eigenvalue weighted by molar-refractivity contribution is 0.518. The van der Waals surface area contributed by atoms with Crippen LogP contribution in [0.4, 0.5) is 0 Å². The lowest BCUT2D eigenvalue weighted by Crippen LogP contribution is -2.25. The Morgan fingerprint density at radius 1 is 0.457 bits per heavy atom. The first-order chi connectivity index (χ1) is 15.4. The number of hydrogen-bond donors (Lipinski definition) is 0. The van der Waals surface area contributed by atoms with Crippen LogP contribution >= 0.6 is 0 Å². The van der Waals surface area contributed by atoms with E-state index < -0.39 is 0 Å². The normalized spacial score (nSPS) is 14.9. The van der Waals surface area contributed by atoms with E-state index in [0.29, 0.717) is 5.92 Å². The summed E-state index contributed by atoms with van der Waals surface area (Å²) in [6, 6.07) is 12.5. The third-order valence-corrected chi connectivity index (χ3v) is 7.45. The van der Waals surface area contributed by atoms with Gasteiger partial charge in [0.1, 0.15) is 0 Å². The highest BCUT2D eigenvalue weighted by Gasteiger charge is 2.30. The molecule has 0 aliphatic rings. The minimum absolute atomic E-state index is 0.106. The summed E-state index contributed by atoms with van der Waals surface area (Å²) >= 11 is 0. The average molecular weight is 477 g/mol. The van der Waals surface area contributed by atoms with Crippen molar-refractivity contribution in [2.24, 2.45) is 0 Å². The zero-order chi connectivity index (χ0) is 27.4. The minimum Gasteiger partial charge on any atom is -0.0581 e. The molecule has 0 amide bonds. The van der Waals surface area contributed by atoms with Crippen LogP contribution in [0.1, 0.15) is 156 Å². The molecule has 0 heteroatoms.